The molecule has 0 bridgehead atoms. The maximum atomic E-state index is 13.1. The number of hydrogen-bond acceptors (Lipinski definition) is 1. The fraction of sp³-hybridized carbons (Fsp3) is 0.250. The Morgan fingerprint density at radius 2 is 1.73 bits per heavy atom. The van der Waals surface area contributed by atoms with E-state index in [0.29, 0.717) is 12.1 Å². The lowest BCUT2D eigenvalue weighted by atomic mass is 10.3. The van der Waals surface area contributed by atoms with Gasteiger partial charge >= 0.3 is 8.99 Å². The second-order valence-corrected chi connectivity index (χ2v) is 4.53. The third kappa shape index (κ3) is 2.35. The molecule has 1 rings (SSSR count). The third-order valence-electron chi connectivity index (χ3n) is 1.67. The van der Waals surface area contributed by atoms with Crippen LogP contribution in [0, 0.1) is 17.5 Å². The third-order valence-corrected chi connectivity index (χ3v) is 3.34. The molecular weight excluding hydrogens is 235 g/mol. The van der Waals surface area contributed by atoms with Gasteiger partial charge in [0.1, 0.15) is 0 Å². The fourth-order valence-electron chi connectivity index (χ4n) is 1.01. The zero-order chi connectivity index (χ0) is 11.6. The summed E-state index contributed by atoms with van der Waals surface area (Å²) in [5.74, 6) is -5.28. The lowest BCUT2D eigenvalue weighted by Crippen LogP contribution is -2.45. The highest BCUT2D eigenvalue weighted by Crippen LogP contribution is 2.15. The Bertz CT molecular complexity index is 368. The predicted octanol–water partition coefficient (Wildman–Crippen LogP) is 2.23. The zero-order valence-corrected chi connectivity index (χ0v) is 8.66. The highest BCUT2D eigenvalue weighted by Gasteiger charge is 2.44. The minimum atomic E-state index is -5.46. The van der Waals surface area contributed by atoms with Gasteiger partial charge in [-0.3, -0.25) is 0 Å². The average molecular weight is 242 g/mol. The van der Waals surface area contributed by atoms with Crippen molar-refractivity contribution in [3.63, 3.8) is 0 Å². The maximum absolute atomic E-state index is 13.1. The van der Waals surface area contributed by atoms with E-state index < -0.39 is 31.6 Å². The molecule has 0 aromatic heterocycles. The minimum absolute atomic E-state index is 0.322. The van der Waals surface area contributed by atoms with Gasteiger partial charge in [0.25, 0.3) is 0 Å². The van der Waals surface area contributed by atoms with Crippen LogP contribution in [0.4, 0.5) is 21.4 Å². The van der Waals surface area contributed by atoms with Crippen molar-refractivity contribution in [2.75, 3.05) is 6.61 Å². The van der Waals surface area contributed by atoms with Gasteiger partial charge in [0.05, 0.1) is 5.19 Å². The number of hydrogen-bond donors (Lipinski definition) is 0. The SMILES string of the molecule is CCO[Si](F)(F)c1ccc(F)c(F)c1F. The van der Waals surface area contributed by atoms with Crippen molar-refractivity contribution in [3.05, 3.63) is 29.6 Å². The zero-order valence-electron chi connectivity index (χ0n) is 7.66. The Hall–Kier alpha value is -0.953. The standard InChI is InChI=1S/C8H7F5OSi/c1-2-14-15(12,13)6-4-3-5(9)7(10)8(6)11/h3-4H,2H2,1H3. The van der Waals surface area contributed by atoms with Crippen molar-refractivity contribution in [3.8, 4) is 0 Å². The van der Waals surface area contributed by atoms with E-state index in [0.717, 1.165) is 0 Å². The fourth-order valence-corrected chi connectivity index (χ4v) is 2.17. The Balaban J connectivity index is 3.21. The quantitative estimate of drug-likeness (QED) is 0.342. The average Bonchev–Trinajstić information content (AvgIpc) is 2.13. The summed E-state index contributed by atoms with van der Waals surface area (Å²) in [5, 5.41) is -1.18. The van der Waals surface area contributed by atoms with Crippen LogP contribution in [0.1, 0.15) is 6.92 Å². The maximum Gasteiger partial charge on any atom is 0.617 e. The highest BCUT2D eigenvalue weighted by molar-refractivity contribution is 6.74. The molecular formula is C8H7F5OSi. The van der Waals surface area contributed by atoms with Crippen LogP contribution in [0.25, 0.3) is 0 Å². The lowest BCUT2D eigenvalue weighted by molar-refractivity contribution is 0.250. The molecule has 0 unspecified atom stereocenters. The molecule has 0 radical (unpaired) electrons. The van der Waals surface area contributed by atoms with Gasteiger partial charge in [-0.05, 0) is 19.1 Å². The first-order valence-electron chi connectivity index (χ1n) is 4.06. The molecule has 0 aliphatic carbocycles. The van der Waals surface area contributed by atoms with Gasteiger partial charge in [0.15, 0.2) is 17.5 Å². The summed E-state index contributed by atoms with van der Waals surface area (Å²) >= 11 is 0. The van der Waals surface area contributed by atoms with Crippen LogP contribution < -0.4 is 5.19 Å². The summed E-state index contributed by atoms with van der Waals surface area (Å²) in [6.45, 7) is 0.982. The molecule has 7 heteroatoms. The van der Waals surface area contributed by atoms with E-state index >= 15 is 0 Å². The predicted molar refractivity (Wildman–Crippen MR) is 45.5 cm³/mol. The van der Waals surface area contributed by atoms with E-state index in [1.54, 1.807) is 0 Å². The summed E-state index contributed by atoms with van der Waals surface area (Å²) in [4.78, 5) is 0. The molecule has 0 saturated carbocycles. The summed E-state index contributed by atoms with van der Waals surface area (Å²) in [6, 6.07) is 0.962. The van der Waals surface area contributed by atoms with Gasteiger partial charge in [0, 0.05) is 6.61 Å². The monoisotopic (exact) mass is 242 g/mol. The van der Waals surface area contributed by atoms with Crippen molar-refractivity contribution in [1.82, 2.24) is 0 Å². The van der Waals surface area contributed by atoms with Crippen LogP contribution in [0.2, 0.25) is 0 Å². The van der Waals surface area contributed by atoms with Crippen molar-refractivity contribution >= 4 is 14.2 Å². The Morgan fingerprint density at radius 3 is 2.27 bits per heavy atom. The molecule has 0 amide bonds. The molecule has 84 valence electrons. The van der Waals surface area contributed by atoms with Gasteiger partial charge < -0.3 is 4.43 Å². The molecule has 0 fully saturated rings. The first-order valence-corrected chi connectivity index (χ1v) is 5.72. The molecule has 0 atom stereocenters. The van der Waals surface area contributed by atoms with Crippen molar-refractivity contribution < 1.29 is 25.8 Å². The molecule has 1 aromatic rings. The van der Waals surface area contributed by atoms with Crippen LogP contribution in [-0.4, -0.2) is 15.6 Å². The Morgan fingerprint density at radius 1 is 1.13 bits per heavy atom. The first kappa shape index (κ1) is 12.1. The van der Waals surface area contributed by atoms with Crippen LogP contribution in [0.3, 0.4) is 0 Å². The number of halogens is 5. The van der Waals surface area contributed by atoms with Crippen molar-refractivity contribution in [2.24, 2.45) is 0 Å². The van der Waals surface area contributed by atoms with Gasteiger partial charge in [-0.2, -0.15) is 0 Å². The lowest BCUT2D eigenvalue weighted by Gasteiger charge is -2.13. The van der Waals surface area contributed by atoms with Gasteiger partial charge in [-0.25, -0.2) is 21.4 Å². The van der Waals surface area contributed by atoms with E-state index in [9.17, 15) is 21.4 Å². The summed E-state index contributed by atoms with van der Waals surface area (Å²) < 4.78 is 68.3. The number of rotatable bonds is 3. The molecule has 0 aliphatic rings. The van der Waals surface area contributed by atoms with Gasteiger partial charge in [-0.15, -0.1) is 0 Å². The van der Waals surface area contributed by atoms with Crippen LogP contribution >= 0.6 is 0 Å². The smallest absolute Gasteiger partial charge is 0.365 e. The second-order valence-electron chi connectivity index (χ2n) is 2.67. The Labute approximate surface area is 84.0 Å². The van der Waals surface area contributed by atoms with E-state index in [2.05, 4.69) is 4.43 Å². The first-order chi connectivity index (χ1) is 6.90. The van der Waals surface area contributed by atoms with E-state index in [4.69, 9.17) is 0 Å². The van der Waals surface area contributed by atoms with E-state index in [1.807, 2.05) is 0 Å². The van der Waals surface area contributed by atoms with Crippen molar-refractivity contribution in [1.29, 1.82) is 0 Å². The minimum Gasteiger partial charge on any atom is -0.365 e. The summed E-state index contributed by atoms with van der Waals surface area (Å²) in [5.41, 5.74) is 0. The normalized spacial score (nSPS) is 11.9. The second kappa shape index (κ2) is 4.27. The van der Waals surface area contributed by atoms with E-state index in [-0.39, 0.29) is 6.61 Å². The van der Waals surface area contributed by atoms with Gasteiger partial charge in [-0.1, -0.05) is 0 Å². The van der Waals surface area contributed by atoms with Crippen LogP contribution in [-0.2, 0) is 4.43 Å². The molecule has 0 aliphatic heterocycles. The van der Waals surface area contributed by atoms with Crippen molar-refractivity contribution in [2.45, 2.75) is 6.92 Å². The Kier molecular flexibility index (Phi) is 3.45. The molecule has 15 heavy (non-hydrogen) atoms. The van der Waals surface area contributed by atoms with Gasteiger partial charge in [0.2, 0.25) is 0 Å². The largest absolute Gasteiger partial charge is 0.617 e. The molecule has 1 aromatic carbocycles. The number of benzene rings is 1. The molecule has 0 spiro atoms. The molecule has 0 saturated heterocycles. The molecule has 1 nitrogen and oxygen atoms in total. The molecule has 0 heterocycles. The summed E-state index contributed by atoms with van der Waals surface area (Å²) in [7, 11) is -5.46. The topological polar surface area (TPSA) is 9.23 Å². The van der Waals surface area contributed by atoms with Crippen LogP contribution in [0.15, 0.2) is 12.1 Å². The highest BCUT2D eigenvalue weighted by atomic mass is 28.4. The van der Waals surface area contributed by atoms with E-state index in [1.165, 1.54) is 6.92 Å². The van der Waals surface area contributed by atoms with Crippen LogP contribution in [0.5, 0.6) is 0 Å². The molecule has 0 N–H and O–H groups in total. The summed E-state index contributed by atoms with van der Waals surface area (Å²) in [6.07, 6.45) is 0.